The summed E-state index contributed by atoms with van der Waals surface area (Å²) in [6.45, 7) is -0.617. The smallest absolute Gasteiger partial charge is 0.343 e. The number of esters is 4. The molecule has 0 saturated carbocycles. The van der Waals surface area contributed by atoms with Crippen LogP contribution in [0.3, 0.4) is 0 Å². The first-order valence-corrected chi connectivity index (χ1v) is 24.3. The Labute approximate surface area is 437 Å². The molecule has 10 aromatic rings. The van der Waals surface area contributed by atoms with E-state index in [4.69, 9.17) is 18.9 Å². The molecule has 0 spiro atoms. The van der Waals surface area contributed by atoms with Crippen LogP contribution >= 0.6 is 0 Å². The maximum Gasteiger partial charge on any atom is 0.343 e. The Bertz CT molecular complexity index is 3590. The molecule has 0 unspecified atom stereocenters. The number of rotatable bonds is 15. The van der Waals surface area contributed by atoms with Crippen LogP contribution in [0.15, 0.2) is 231 Å². The number of carbonyl (C=O) groups is 4. The highest BCUT2D eigenvalue weighted by Crippen LogP contribution is 2.47. The van der Waals surface area contributed by atoms with Crippen LogP contribution in [0.25, 0.3) is 67.1 Å². The Morgan fingerprint density at radius 3 is 1.14 bits per heavy atom. The number of benzene rings is 10. The van der Waals surface area contributed by atoms with Gasteiger partial charge in [0.2, 0.25) is 0 Å². The summed E-state index contributed by atoms with van der Waals surface area (Å²) in [6.07, 6.45) is 5.78. The fraction of sp³-hybridized carbons (Fsp3) is 0.0303. The molecular formula is C66H46O10. The van der Waals surface area contributed by atoms with Crippen LogP contribution in [0, 0.1) is 0 Å². The van der Waals surface area contributed by atoms with Gasteiger partial charge in [0.25, 0.3) is 0 Å². The Morgan fingerprint density at radius 1 is 0.368 bits per heavy atom. The molecule has 10 heteroatoms. The summed E-state index contributed by atoms with van der Waals surface area (Å²) in [5, 5.41) is 22.5. The molecule has 0 aliphatic heterocycles. The number of aliphatic hydroxyl groups is 2. The summed E-state index contributed by atoms with van der Waals surface area (Å²) >= 11 is 0. The molecule has 0 aliphatic rings. The molecule has 0 fully saturated rings. The van der Waals surface area contributed by atoms with E-state index in [1.807, 2.05) is 97.1 Å². The van der Waals surface area contributed by atoms with Gasteiger partial charge in [0.1, 0.15) is 23.0 Å². The monoisotopic (exact) mass is 998 g/mol. The minimum Gasteiger partial charge on any atom is -0.423 e. The highest BCUT2D eigenvalue weighted by atomic mass is 16.5. The molecule has 0 bridgehead atoms. The largest absolute Gasteiger partial charge is 0.423 e. The third-order valence-corrected chi connectivity index (χ3v) is 12.7. The van der Waals surface area contributed by atoms with E-state index in [1.54, 1.807) is 121 Å². The summed E-state index contributed by atoms with van der Waals surface area (Å²) in [5.41, 5.74) is 7.70. The first kappa shape index (κ1) is 49.6. The molecule has 0 amide bonds. The SMILES string of the molecule is O=C(/C=C/c1ccc(OC(=O)c2ccccc2CO)cc1)Oc1ccc2cc(-c3ccccc3)ccc2c1-c1c(OC(=O)/C=C/c2ccc(OC(=O)c3ccccc3CO)cc2)ccc2cc(-c3ccccc3)ccc12. The van der Waals surface area contributed by atoms with Crippen molar-refractivity contribution < 1.29 is 48.3 Å². The van der Waals surface area contributed by atoms with E-state index in [1.165, 1.54) is 12.2 Å². The zero-order chi connectivity index (χ0) is 52.4. The van der Waals surface area contributed by atoms with Gasteiger partial charge in [-0.25, -0.2) is 19.2 Å². The van der Waals surface area contributed by atoms with Crippen molar-refractivity contribution in [3.05, 3.63) is 264 Å². The molecule has 0 heterocycles. The molecule has 76 heavy (non-hydrogen) atoms. The van der Waals surface area contributed by atoms with Crippen LogP contribution in [0.4, 0.5) is 0 Å². The minimum absolute atomic E-state index is 0.216. The Hall–Kier alpha value is -10.0. The van der Waals surface area contributed by atoms with Crippen molar-refractivity contribution in [2.45, 2.75) is 13.2 Å². The number of hydrogen-bond acceptors (Lipinski definition) is 10. The van der Waals surface area contributed by atoms with Gasteiger partial charge < -0.3 is 29.2 Å². The lowest BCUT2D eigenvalue weighted by Gasteiger charge is -2.19. The molecule has 0 aromatic heterocycles. The molecule has 10 aromatic carbocycles. The van der Waals surface area contributed by atoms with Crippen molar-refractivity contribution in [1.29, 1.82) is 0 Å². The summed E-state index contributed by atoms with van der Waals surface area (Å²) in [4.78, 5) is 53.7. The maximum atomic E-state index is 14.0. The standard InChI is InChI=1S/C66H46O10/c67-41-51-15-7-9-17-57(51)65(71)73-53-29-19-43(20-30-53)23-37-61(69)75-59-35-27-49-39-47(45-11-3-1-4-12-45)25-33-55(49)63(59)64-56-34-26-48(46-13-5-2-6-14-46)40-50(56)28-36-60(64)76-62(70)38-24-44-21-31-54(32-22-44)74-66(72)58-18-10-8-16-52(58)42-68/h1-40,67-68H,41-42H2/b37-23+,38-24+. The van der Waals surface area contributed by atoms with Crippen LogP contribution in [0.2, 0.25) is 0 Å². The zero-order valence-corrected chi connectivity index (χ0v) is 40.7. The van der Waals surface area contributed by atoms with Gasteiger partial charge in [-0.2, -0.15) is 0 Å². The number of aliphatic hydroxyl groups excluding tert-OH is 2. The van der Waals surface area contributed by atoms with Gasteiger partial charge >= 0.3 is 23.9 Å². The second-order valence-electron chi connectivity index (χ2n) is 17.5. The number of fused-ring (bicyclic) bond motifs is 2. The van der Waals surface area contributed by atoms with Gasteiger partial charge in [-0.05, 0) is 139 Å². The van der Waals surface area contributed by atoms with Crippen molar-refractivity contribution >= 4 is 57.6 Å². The van der Waals surface area contributed by atoms with E-state index in [0.29, 0.717) is 33.4 Å². The quantitative estimate of drug-likeness (QED) is 0.0578. The zero-order valence-electron chi connectivity index (χ0n) is 40.7. The number of ether oxygens (including phenoxy) is 4. The van der Waals surface area contributed by atoms with Gasteiger partial charge in [-0.15, -0.1) is 0 Å². The van der Waals surface area contributed by atoms with E-state index in [-0.39, 0.29) is 47.3 Å². The van der Waals surface area contributed by atoms with E-state index in [9.17, 15) is 29.4 Å². The van der Waals surface area contributed by atoms with Crippen molar-refractivity contribution in [3.8, 4) is 56.4 Å². The molecule has 2 N–H and O–H groups in total. The summed E-state index contributed by atoms with van der Waals surface area (Å²) in [6, 6.07) is 65.9. The first-order chi connectivity index (χ1) is 37.2. The fourth-order valence-electron chi connectivity index (χ4n) is 8.87. The molecule has 0 radical (unpaired) electrons. The third kappa shape index (κ3) is 11.3. The van der Waals surface area contributed by atoms with Crippen molar-refractivity contribution in [2.24, 2.45) is 0 Å². The van der Waals surface area contributed by atoms with E-state index in [2.05, 4.69) is 12.1 Å². The minimum atomic E-state index is -0.679. The average Bonchev–Trinajstić information content (AvgIpc) is 3.48. The predicted molar refractivity (Wildman–Crippen MR) is 295 cm³/mol. The van der Waals surface area contributed by atoms with Crippen LogP contribution in [-0.2, 0) is 22.8 Å². The highest BCUT2D eigenvalue weighted by molar-refractivity contribution is 6.12. The van der Waals surface area contributed by atoms with Gasteiger partial charge in [0.05, 0.1) is 24.3 Å². The highest BCUT2D eigenvalue weighted by Gasteiger charge is 2.23. The van der Waals surface area contributed by atoms with Crippen LogP contribution in [0.1, 0.15) is 43.0 Å². The summed E-state index contributed by atoms with van der Waals surface area (Å²) in [7, 11) is 0. The van der Waals surface area contributed by atoms with E-state index < -0.39 is 23.9 Å². The first-order valence-electron chi connectivity index (χ1n) is 24.3. The molecule has 0 aliphatic carbocycles. The van der Waals surface area contributed by atoms with Crippen LogP contribution in [0.5, 0.6) is 23.0 Å². The maximum absolute atomic E-state index is 14.0. The van der Waals surface area contributed by atoms with Crippen LogP contribution < -0.4 is 18.9 Å². The third-order valence-electron chi connectivity index (χ3n) is 12.7. The second-order valence-corrected chi connectivity index (χ2v) is 17.5. The Morgan fingerprint density at radius 2 is 0.750 bits per heavy atom. The lowest BCUT2D eigenvalue weighted by atomic mass is 9.90. The van der Waals surface area contributed by atoms with Gasteiger partial charge in [-0.3, -0.25) is 0 Å². The predicted octanol–water partition coefficient (Wildman–Crippen LogP) is 13.7. The lowest BCUT2D eigenvalue weighted by Crippen LogP contribution is -2.11. The topological polar surface area (TPSA) is 146 Å². The van der Waals surface area contributed by atoms with Gasteiger partial charge in [0, 0.05) is 23.3 Å². The normalized spacial score (nSPS) is 11.2. The summed E-state index contributed by atoms with van der Waals surface area (Å²) < 4.78 is 23.6. The number of carbonyl (C=O) groups excluding carboxylic acids is 4. The van der Waals surface area contributed by atoms with E-state index >= 15 is 0 Å². The van der Waals surface area contributed by atoms with Crippen LogP contribution in [-0.4, -0.2) is 34.1 Å². The Kier molecular flexibility index (Phi) is 14.9. The molecule has 0 saturated heterocycles. The average molecular weight is 999 g/mol. The molecule has 370 valence electrons. The summed E-state index contributed by atoms with van der Waals surface area (Å²) in [5.74, 6) is -1.58. The fourth-order valence-corrected chi connectivity index (χ4v) is 8.87. The molecule has 10 nitrogen and oxygen atoms in total. The van der Waals surface area contributed by atoms with Crippen molar-refractivity contribution in [2.75, 3.05) is 0 Å². The molecular weight excluding hydrogens is 953 g/mol. The molecule has 10 rings (SSSR count). The van der Waals surface area contributed by atoms with Gasteiger partial charge in [-0.1, -0.05) is 158 Å². The van der Waals surface area contributed by atoms with Gasteiger partial charge in [0.15, 0.2) is 0 Å². The molecule has 0 atom stereocenters. The Balaban J connectivity index is 0.985. The lowest BCUT2D eigenvalue weighted by molar-refractivity contribution is -0.129. The number of hydrogen-bond donors (Lipinski definition) is 2. The van der Waals surface area contributed by atoms with Crippen molar-refractivity contribution in [3.63, 3.8) is 0 Å². The second kappa shape index (κ2) is 22.8. The van der Waals surface area contributed by atoms with E-state index in [0.717, 1.165) is 43.8 Å². The van der Waals surface area contributed by atoms with Crippen molar-refractivity contribution in [1.82, 2.24) is 0 Å².